The van der Waals surface area contributed by atoms with Gasteiger partial charge in [-0.05, 0) is 43.7 Å². The second-order valence-electron chi connectivity index (χ2n) is 8.16. The monoisotopic (exact) mass is 409 g/mol. The van der Waals surface area contributed by atoms with Crippen LogP contribution in [0.5, 0.6) is 0 Å². The van der Waals surface area contributed by atoms with Crippen LogP contribution in [-0.4, -0.2) is 55.4 Å². The number of allylic oxidation sites excluding steroid dienone is 2. The minimum absolute atomic E-state index is 0.0116. The number of carbonyl (C=O) groups is 2. The Kier molecular flexibility index (Phi) is 6.35. The summed E-state index contributed by atoms with van der Waals surface area (Å²) < 4.78 is 0. The van der Waals surface area contributed by atoms with E-state index in [9.17, 15) is 9.59 Å². The lowest BCUT2D eigenvalue weighted by Crippen LogP contribution is -2.43. The number of nitrogens with one attached hydrogen (secondary N) is 3. The summed E-state index contributed by atoms with van der Waals surface area (Å²) in [7, 11) is 0. The molecule has 4 rings (SSSR count). The lowest BCUT2D eigenvalue weighted by Gasteiger charge is -2.18. The number of benzene rings is 1. The number of carbonyl (C=O) groups excluding carboxylic acids is 2. The van der Waals surface area contributed by atoms with E-state index >= 15 is 0 Å². The zero-order chi connectivity index (χ0) is 20.9. The first-order chi connectivity index (χ1) is 14.7. The van der Waals surface area contributed by atoms with Gasteiger partial charge in [-0.3, -0.25) is 19.5 Å². The molecule has 2 amide bonds. The fourth-order valence-corrected chi connectivity index (χ4v) is 4.87. The second-order valence-corrected chi connectivity index (χ2v) is 8.16. The van der Waals surface area contributed by atoms with E-state index in [1.165, 1.54) is 4.90 Å². The van der Waals surface area contributed by atoms with E-state index in [4.69, 9.17) is 0 Å². The summed E-state index contributed by atoms with van der Waals surface area (Å²) in [6.07, 6.45) is 6.13. The van der Waals surface area contributed by atoms with Crippen molar-refractivity contribution < 1.29 is 9.59 Å². The molecule has 2 bridgehead atoms. The van der Waals surface area contributed by atoms with E-state index in [0.29, 0.717) is 19.6 Å². The van der Waals surface area contributed by atoms with Crippen molar-refractivity contribution in [3.63, 3.8) is 0 Å². The standard InChI is InChI=1S/C23H31N5O2/c1-2-24-23(26-12-6-11-25-18-7-4-3-5-8-18)27-13-14-28-21(29)19-16-9-10-17(15-16)20(19)22(28)30/h3-5,7-10,16-17,19-20,25H,2,6,11-15H2,1H3,(H2,24,26,27). The molecule has 4 atom stereocenters. The average Bonchev–Trinajstić information content (AvgIpc) is 3.44. The summed E-state index contributed by atoms with van der Waals surface area (Å²) in [4.78, 5) is 31.5. The number of imide groups is 1. The molecule has 1 aromatic carbocycles. The number of fused-ring (bicyclic) bond motifs is 5. The highest BCUT2D eigenvalue weighted by molar-refractivity contribution is 6.06. The quantitative estimate of drug-likeness (QED) is 0.191. The summed E-state index contributed by atoms with van der Waals surface area (Å²) in [6, 6.07) is 10.1. The number of nitrogens with zero attached hydrogens (tertiary/aromatic N) is 2. The number of rotatable bonds is 9. The van der Waals surface area contributed by atoms with E-state index in [1.807, 2.05) is 37.3 Å². The summed E-state index contributed by atoms with van der Waals surface area (Å²) in [6.45, 7) is 5.22. The molecule has 3 aliphatic rings. The Hall–Kier alpha value is -2.83. The minimum atomic E-state index is -0.119. The molecular weight excluding hydrogens is 378 g/mol. The van der Waals surface area contributed by atoms with Crippen LogP contribution in [0.1, 0.15) is 19.8 Å². The Balaban J connectivity index is 1.21. The molecule has 7 heteroatoms. The molecular formula is C23H31N5O2. The molecule has 1 heterocycles. The van der Waals surface area contributed by atoms with E-state index in [2.05, 4.69) is 33.1 Å². The highest BCUT2D eigenvalue weighted by Crippen LogP contribution is 2.52. The van der Waals surface area contributed by atoms with Crippen molar-refractivity contribution in [2.75, 3.05) is 38.0 Å². The van der Waals surface area contributed by atoms with Gasteiger partial charge in [0.25, 0.3) is 0 Å². The number of amides is 2. The van der Waals surface area contributed by atoms with Gasteiger partial charge in [0.1, 0.15) is 0 Å². The van der Waals surface area contributed by atoms with Crippen LogP contribution >= 0.6 is 0 Å². The first kappa shape index (κ1) is 20.4. The number of hydrogen-bond donors (Lipinski definition) is 3. The van der Waals surface area contributed by atoms with Crippen LogP contribution in [0, 0.1) is 23.7 Å². The van der Waals surface area contributed by atoms with Crippen molar-refractivity contribution in [2.45, 2.75) is 19.8 Å². The second kappa shape index (κ2) is 9.32. The van der Waals surface area contributed by atoms with Gasteiger partial charge in [-0.25, -0.2) is 0 Å². The van der Waals surface area contributed by atoms with Gasteiger partial charge in [-0.15, -0.1) is 0 Å². The van der Waals surface area contributed by atoms with E-state index in [0.717, 1.165) is 37.6 Å². The van der Waals surface area contributed by atoms with Crippen LogP contribution in [0.25, 0.3) is 0 Å². The van der Waals surface area contributed by atoms with Gasteiger partial charge >= 0.3 is 0 Å². The Labute approximate surface area is 178 Å². The van der Waals surface area contributed by atoms with Crippen LogP contribution in [0.2, 0.25) is 0 Å². The first-order valence-corrected chi connectivity index (χ1v) is 11.0. The molecule has 7 nitrogen and oxygen atoms in total. The van der Waals surface area contributed by atoms with Gasteiger partial charge in [0.2, 0.25) is 11.8 Å². The third-order valence-electron chi connectivity index (χ3n) is 6.24. The van der Waals surface area contributed by atoms with Crippen molar-refractivity contribution in [1.82, 2.24) is 15.5 Å². The molecule has 4 unspecified atom stereocenters. The number of anilines is 1. The molecule has 30 heavy (non-hydrogen) atoms. The summed E-state index contributed by atoms with van der Waals surface area (Å²) in [5.41, 5.74) is 1.11. The maximum Gasteiger partial charge on any atom is 0.233 e. The summed E-state index contributed by atoms with van der Waals surface area (Å²) in [5, 5.41) is 9.86. The topological polar surface area (TPSA) is 85.8 Å². The van der Waals surface area contributed by atoms with Gasteiger partial charge < -0.3 is 16.0 Å². The molecule has 1 saturated heterocycles. The normalized spacial score (nSPS) is 27.0. The third kappa shape index (κ3) is 4.20. The predicted octanol–water partition coefficient (Wildman–Crippen LogP) is 1.85. The Morgan fingerprint density at radius 3 is 2.40 bits per heavy atom. The Morgan fingerprint density at radius 1 is 1.03 bits per heavy atom. The lowest BCUT2D eigenvalue weighted by atomic mass is 9.85. The van der Waals surface area contributed by atoms with E-state index in [1.54, 1.807) is 0 Å². The Morgan fingerprint density at radius 2 is 1.73 bits per heavy atom. The molecule has 0 aromatic heterocycles. The number of para-hydroxylation sites is 1. The third-order valence-corrected chi connectivity index (χ3v) is 6.24. The zero-order valence-corrected chi connectivity index (χ0v) is 17.5. The highest BCUT2D eigenvalue weighted by atomic mass is 16.2. The van der Waals surface area contributed by atoms with E-state index < -0.39 is 0 Å². The molecule has 0 spiro atoms. The first-order valence-electron chi connectivity index (χ1n) is 11.0. The van der Waals surface area contributed by atoms with Crippen LogP contribution in [0.3, 0.4) is 0 Å². The predicted molar refractivity (Wildman–Crippen MR) is 118 cm³/mol. The summed E-state index contributed by atoms with van der Waals surface area (Å²) in [5.74, 6) is 1.03. The number of aliphatic imine (C=N–C) groups is 1. The zero-order valence-electron chi connectivity index (χ0n) is 17.5. The molecule has 160 valence electrons. The van der Waals surface area contributed by atoms with Crippen molar-refractivity contribution in [2.24, 2.45) is 28.7 Å². The number of likely N-dealkylation sites (tertiary alicyclic amines) is 1. The highest BCUT2D eigenvalue weighted by Gasteiger charge is 2.58. The van der Waals surface area contributed by atoms with Gasteiger partial charge in [-0.1, -0.05) is 30.4 Å². The number of guanidine groups is 1. The van der Waals surface area contributed by atoms with Crippen LogP contribution in [-0.2, 0) is 9.59 Å². The molecule has 2 aliphatic carbocycles. The molecule has 0 radical (unpaired) electrons. The van der Waals surface area contributed by atoms with Crippen molar-refractivity contribution in [1.29, 1.82) is 0 Å². The smallest absolute Gasteiger partial charge is 0.233 e. The minimum Gasteiger partial charge on any atom is -0.385 e. The average molecular weight is 410 g/mol. The van der Waals surface area contributed by atoms with Gasteiger partial charge in [0, 0.05) is 38.4 Å². The molecule has 1 aliphatic heterocycles. The molecule has 1 aromatic rings. The fraction of sp³-hybridized carbons (Fsp3) is 0.522. The maximum absolute atomic E-state index is 12.7. The van der Waals surface area contributed by atoms with E-state index in [-0.39, 0.29) is 35.5 Å². The van der Waals surface area contributed by atoms with Crippen LogP contribution in [0.15, 0.2) is 47.5 Å². The Bertz CT molecular complexity index is 792. The SMILES string of the molecule is CCNC(=NCCCNc1ccccc1)NCCN1C(=O)C2C3C=CC(C3)C2C1=O. The molecule has 3 N–H and O–H groups in total. The fourth-order valence-electron chi connectivity index (χ4n) is 4.87. The van der Waals surface area contributed by atoms with Gasteiger partial charge in [-0.2, -0.15) is 0 Å². The van der Waals surface area contributed by atoms with Crippen molar-refractivity contribution in [3.05, 3.63) is 42.5 Å². The number of hydrogen-bond acceptors (Lipinski definition) is 4. The van der Waals surface area contributed by atoms with Crippen LogP contribution in [0.4, 0.5) is 5.69 Å². The molecule has 2 fully saturated rings. The summed E-state index contributed by atoms with van der Waals surface area (Å²) >= 11 is 0. The van der Waals surface area contributed by atoms with Crippen molar-refractivity contribution in [3.8, 4) is 0 Å². The van der Waals surface area contributed by atoms with Gasteiger partial charge in [0.05, 0.1) is 11.8 Å². The van der Waals surface area contributed by atoms with Crippen LogP contribution < -0.4 is 16.0 Å². The molecule has 1 saturated carbocycles. The van der Waals surface area contributed by atoms with Gasteiger partial charge in [0.15, 0.2) is 5.96 Å². The van der Waals surface area contributed by atoms with Crippen molar-refractivity contribution >= 4 is 23.5 Å². The lowest BCUT2D eigenvalue weighted by molar-refractivity contribution is -0.140. The maximum atomic E-state index is 12.7. The largest absolute Gasteiger partial charge is 0.385 e.